The molecule has 2 rings (SSSR count). The quantitative estimate of drug-likeness (QED) is 0.546. The van der Waals surface area contributed by atoms with E-state index in [1.54, 1.807) is 0 Å². The van der Waals surface area contributed by atoms with Gasteiger partial charge in [-0.2, -0.15) is 0 Å². The van der Waals surface area contributed by atoms with E-state index in [-0.39, 0.29) is 5.60 Å². The summed E-state index contributed by atoms with van der Waals surface area (Å²) >= 11 is 0. The highest BCUT2D eigenvalue weighted by molar-refractivity contribution is 6.73. The molecule has 20 heavy (non-hydrogen) atoms. The topological polar surface area (TPSA) is 9.23 Å². The monoisotopic (exact) mass is 296 g/mol. The zero-order chi connectivity index (χ0) is 14.8. The van der Waals surface area contributed by atoms with Gasteiger partial charge in [-0.05, 0) is 61.6 Å². The molecule has 3 unspecified atom stereocenters. The van der Waals surface area contributed by atoms with Gasteiger partial charge in [0.1, 0.15) is 0 Å². The summed E-state index contributed by atoms with van der Waals surface area (Å²) in [6.07, 6.45) is 8.40. The summed E-state index contributed by atoms with van der Waals surface area (Å²) in [5.74, 6) is 2.67. The van der Waals surface area contributed by atoms with Crippen LogP contribution in [0.15, 0.2) is 0 Å². The van der Waals surface area contributed by atoms with E-state index < -0.39 is 8.32 Å². The van der Waals surface area contributed by atoms with Gasteiger partial charge in [0.05, 0.1) is 5.60 Å². The summed E-state index contributed by atoms with van der Waals surface area (Å²) in [7, 11) is -1.48. The van der Waals surface area contributed by atoms with Gasteiger partial charge in [0.25, 0.3) is 0 Å². The fraction of sp³-hybridized carbons (Fsp3) is 1.00. The molecule has 0 aromatic carbocycles. The molecule has 2 fully saturated rings. The first-order chi connectivity index (χ1) is 9.54. The Morgan fingerprint density at radius 1 is 1.10 bits per heavy atom. The molecule has 2 bridgehead atoms. The third kappa shape index (κ3) is 2.88. The second-order valence-corrected chi connectivity index (χ2v) is 12.3. The van der Waals surface area contributed by atoms with Gasteiger partial charge in [-0.1, -0.05) is 47.5 Å². The minimum atomic E-state index is -1.48. The maximum Gasteiger partial charge on any atom is 0.192 e. The summed E-state index contributed by atoms with van der Waals surface area (Å²) in [5, 5.41) is 0. The molecule has 2 heteroatoms. The molecule has 4 atom stereocenters. The summed E-state index contributed by atoms with van der Waals surface area (Å²) in [6, 6.07) is 3.90. The minimum Gasteiger partial charge on any atom is -0.411 e. The molecule has 1 nitrogen and oxygen atoms in total. The van der Waals surface area contributed by atoms with Crippen molar-refractivity contribution >= 4 is 8.32 Å². The molecular formula is C18H36OSi. The van der Waals surface area contributed by atoms with E-state index in [9.17, 15) is 0 Å². The zero-order valence-corrected chi connectivity index (χ0v) is 15.5. The highest BCUT2D eigenvalue weighted by Gasteiger charge is 2.52. The van der Waals surface area contributed by atoms with Crippen LogP contribution in [-0.2, 0) is 4.43 Å². The van der Waals surface area contributed by atoms with Gasteiger partial charge >= 0.3 is 0 Å². The molecule has 0 spiro atoms. The minimum absolute atomic E-state index is 0.260. The van der Waals surface area contributed by atoms with E-state index in [4.69, 9.17) is 4.43 Å². The first-order valence-corrected chi connectivity index (χ1v) is 11.8. The molecule has 2 aliphatic rings. The van der Waals surface area contributed by atoms with Crippen LogP contribution in [0.1, 0.15) is 73.1 Å². The summed E-state index contributed by atoms with van der Waals surface area (Å²) in [6.45, 7) is 12.0. The largest absolute Gasteiger partial charge is 0.411 e. The summed E-state index contributed by atoms with van der Waals surface area (Å²) in [4.78, 5) is 0. The second-order valence-electron chi connectivity index (χ2n) is 7.57. The molecule has 0 aliphatic heterocycles. The van der Waals surface area contributed by atoms with E-state index in [2.05, 4.69) is 34.6 Å². The zero-order valence-electron chi connectivity index (χ0n) is 14.5. The van der Waals surface area contributed by atoms with Crippen LogP contribution >= 0.6 is 0 Å². The highest BCUT2D eigenvalue weighted by Crippen LogP contribution is 2.53. The summed E-state index contributed by atoms with van der Waals surface area (Å²) in [5.41, 5.74) is 0.260. The lowest BCUT2D eigenvalue weighted by atomic mass is 9.59. The SMILES string of the molecule is CCC1CC2CCC[C@@](O[Si](CC)(CC)CC)(C1)C2C. The Bertz CT molecular complexity index is 304. The van der Waals surface area contributed by atoms with Crippen LogP contribution in [0.2, 0.25) is 18.1 Å². The van der Waals surface area contributed by atoms with Crippen molar-refractivity contribution in [3.8, 4) is 0 Å². The molecule has 118 valence electrons. The Morgan fingerprint density at radius 2 is 1.75 bits per heavy atom. The van der Waals surface area contributed by atoms with Gasteiger partial charge < -0.3 is 4.43 Å². The van der Waals surface area contributed by atoms with E-state index >= 15 is 0 Å². The predicted molar refractivity (Wildman–Crippen MR) is 90.5 cm³/mol. The van der Waals surface area contributed by atoms with Gasteiger partial charge in [-0.3, -0.25) is 0 Å². The molecule has 2 aliphatic carbocycles. The van der Waals surface area contributed by atoms with Crippen LogP contribution in [0.25, 0.3) is 0 Å². The van der Waals surface area contributed by atoms with Gasteiger partial charge in [-0.25, -0.2) is 0 Å². The predicted octanol–water partition coefficient (Wildman–Crippen LogP) is 6.00. The summed E-state index contributed by atoms with van der Waals surface area (Å²) < 4.78 is 7.17. The van der Waals surface area contributed by atoms with Crippen molar-refractivity contribution in [1.82, 2.24) is 0 Å². The first-order valence-electron chi connectivity index (χ1n) is 9.25. The number of fused-ring (bicyclic) bond motifs is 2. The Labute approximate surface area is 128 Å². The number of rotatable bonds is 6. The van der Waals surface area contributed by atoms with Crippen LogP contribution < -0.4 is 0 Å². The average molecular weight is 297 g/mol. The van der Waals surface area contributed by atoms with Crippen molar-refractivity contribution in [2.24, 2.45) is 17.8 Å². The van der Waals surface area contributed by atoms with Crippen molar-refractivity contribution in [2.45, 2.75) is 96.9 Å². The Hall–Kier alpha value is 0.177. The molecule has 0 aromatic rings. The van der Waals surface area contributed by atoms with Gasteiger partial charge in [0, 0.05) is 0 Å². The third-order valence-corrected chi connectivity index (χ3v) is 11.6. The van der Waals surface area contributed by atoms with Crippen LogP contribution in [-0.4, -0.2) is 13.9 Å². The van der Waals surface area contributed by atoms with Crippen LogP contribution in [0.4, 0.5) is 0 Å². The molecule has 0 N–H and O–H groups in total. The molecule has 0 amide bonds. The van der Waals surface area contributed by atoms with Crippen LogP contribution in [0.5, 0.6) is 0 Å². The Kier molecular flexibility index (Phi) is 5.39. The lowest BCUT2D eigenvalue weighted by Gasteiger charge is -2.56. The number of hydrogen-bond acceptors (Lipinski definition) is 1. The lowest BCUT2D eigenvalue weighted by molar-refractivity contribution is -0.103. The van der Waals surface area contributed by atoms with Gasteiger partial charge in [0.15, 0.2) is 8.32 Å². The van der Waals surface area contributed by atoms with E-state index in [0.717, 1.165) is 17.8 Å². The van der Waals surface area contributed by atoms with Crippen molar-refractivity contribution in [1.29, 1.82) is 0 Å². The molecule has 0 radical (unpaired) electrons. The standard InChI is InChI=1S/C18H36OSi/c1-6-16-13-17-11-10-12-18(14-16,15(17)5)19-20(7-2,8-3)9-4/h15-17H,6-14H2,1-5H3/t15?,16?,17?,18-/m1/s1. The molecule has 0 saturated heterocycles. The van der Waals surface area contributed by atoms with Crippen LogP contribution in [0.3, 0.4) is 0 Å². The Balaban J connectivity index is 2.24. The first kappa shape index (κ1) is 16.5. The van der Waals surface area contributed by atoms with Crippen LogP contribution in [0, 0.1) is 17.8 Å². The van der Waals surface area contributed by atoms with Gasteiger partial charge in [-0.15, -0.1) is 0 Å². The van der Waals surface area contributed by atoms with Crippen molar-refractivity contribution in [3.63, 3.8) is 0 Å². The van der Waals surface area contributed by atoms with Crippen molar-refractivity contribution in [3.05, 3.63) is 0 Å². The normalized spacial score (nSPS) is 38.0. The maximum atomic E-state index is 7.17. The molecular weight excluding hydrogens is 260 g/mol. The smallest absolute Gasteiger partial charge is 0.192 e. The van der Waals surface area contributed by atoms with E-state index in [0.29, 0.717) is 0 Å². The highest BCUT2D eigenvalue weighted by atomic mass is 28.4. The van der Waals surface area contributed by atoms with Crippen molar-refractivity contribution < 1.29 is 4.43 Å². The average Bonchev–Trinajstić information content (AvgIpc) is 2.46. The fourth-order valence-electron chi connectivity index (χ4n) is 5.08. The van der Waals surface area contributed by atoms with Crippen molar-refractivity contribution in [2.75, 3.05) is 0 Å². The lowest BCUT2D eigenvalue weighted by Crippen LogP contribution is -2.57. The maximum absolute atomic E-state index is 7.17. The Morgan fingerprint density at radius 3 is 2.30 bits per heavy atom. The molecule has 0 heterocycles. The van der Waals surface area contributed by atoms with E-state index in [1.165, 1.54) is 56.7 Å². The fourth-order valence-corrected chi connectivity index (χ4v) is 8.24. The number of hydrogen-bond donors (Lipinski definition) is 0. The third-order valence-electron chi connectivity index (χ3n) is 6.91. The van der Waals surface area contributed by atoms with E-state index in [1.807, 2.05) is 0 Å². The second kappa shape index (κ2) is 6.52. The molecule has 0 aromatic heterocycles. The molecule has 2 saturated carbocycles. The van der Waals surface area contributed by atoms with Gasteiger partial charge in [0.2, 0.25) is 0 Å².